The largest absolute Gasteiger partial charge is 0.379 e. The quantitative estimate of drug-likeness (QED) is 0.258. The van der Waals surface area contributed by atoms with Crippen molar-refractivity contribution in [1.82, 2.24) is 0 Å². The van der Waals surface area contributed by atoms with E-state index >= 15 is 0 Å². The summed E-state index contributed by atoms with van der Waals surface area (Å²) in [6.45, 7) is 12.1. The second-order valence-electron chi connectivity index (χ2n) is 6.84. The van der Waals surface area contributed by atoms with E-state index in [2.05, 4.69) is 6.92 Å². The van der Waals surface area contributed by atoms with Gasteiger partial charge in [0.2, 0.25) is 0 Å². The summed E-state index contributed by atoms with van der Waals surface area (Å²) < 4.78 is 27.3. The van der Waals surface area contributed by atoms with Crippen molar-refractivity contribution in [3.05, 3.63) is 0 Å². The van der Waals surface area contributed by atoms with E-state index in [1.54, 1.807) is 0 Å². The Morgan fingerprint density at radius 3 is 1.31 bits per heavy atom. The molecule has 0 rings (SSSR count). The zero-order valence-electron chi connectivity index (χ0n) is 17.6. The third kappa shape index (κ3) is 23.8. The van der Waals surface area contributed by atoms with Crippen molar-refractivity contribution in [2.24, 2.45) is 0 Å². The van der Waals surface area contributed by atoms with E-state index in [0.717, 1.165) is 6.61 Å². The maximum absolute atomic E-state index is 5.58. The van der Waals surface area contributed by atoms with Crippen molar-refractivity contribution in [1.29, 1.82) is 0 Å². The summed E-state index contributed by atoms with van der Waals surface area (Å²) in [7, 11) is 0. The highest BCUT2D eigenvalue weighted by Gasteiger charge is 1.95. The molecule has 0 aromatic carbocycles. The fraction of sp³-hybridized carbons (Fsp3) is 1.00. The summed E-state index contributed by atoms with van der Waals surface area (Å²) in [6.07, 6.45) is 10.9. The van der Waals surface area contributed by atoms with Crippen LogP contribution in [0.2, 0.25) is 0 Å². The third-order valence-electron chi connectivity index (χ3n) is 3.94. The van der Waals surface area contributed by atoms with Gasteiger partial charge in [-0.25, -0.2) is 0 Å². The van der Waals surface area contributed by atoms with Gasteiger partial charge in [-0.2, -0.15) is 0 Å². The molecule has 0 fully saturated rings. The van der Waals surface area contributed by atoms with Gasteiger partial charge in [-0.1, -0.05) is 51.9 Å². The minimum absolute atomic E-state index is 0.260. The van der Waals surface area contributed by atoms with E-state index in [-0.39, 0.29) is 6.10 Å². The van der Waals surface area contributed by atoms with Crippen LogP contribution in [0.1, 0.15) is 72.1 Å². The van der Waals surface area contributed by atoms with Gasteiger partial charge in [0, 0.05) is 6.61 Å². The molecule has 0 aliphatic rings. The molecular formula is C21H44O5. The number of rotatable bonds is 22. The summed E-state index contributed by atoms with van der Waals surface area (Å²) in [5.41, 5.74) is 0. The van der Waals surface area contributed by atoms with Gasteiger partial charge in [-0.3, -0.25) is 0 Å². The van der Waals surface area contributed by atoms with Crippen LogP contribution in [0.4, 0.5) is 0 Å². The molecular weight excluding hydrogens is 332 g/mol. The fourth-order valence-electron chi connectivity index (χ4n) is 2.44. The summed E-state index contributed by atoms with van der Waals surface area (Å²) in [5.74, 6) is 0. The Hall–Kier alpha value is -0.200. The standard InChI is InChI=1S/C21H44O5/c1-4-5-6-7-8-9-10-11-12-22-13-14-23-15-16-24-17-18-25-19-20-26-21(2)3/h21H,4-20H2,1-3H3. The average Bonchev–Trinajstić information content (AvgIpc) is 2.62. The Balaban J connectivity index is 2.97. The molecule has 0 radical (unpaired) electrons. The Morgan fingerprint density at radius 1 is 0.462 bits per heavy atom. The van der Waals surface area contributed by atoms with Gasteiger partial charge in [0.05, 0.1) is 59.0 Å². The van der Waals surface area contributed by atoms with Gasteiger partial charge in [0.1, 0.15) is 0 Å². The first-order valence-electron chi connectivity index (χ1n) is 10.7. The molecule has 5 nitrogen and oxygen atoms in total. The second-order valence-corrected chi connectivity index (χ2v) is 6.84. The van der Waals surface area contributed by atoms with Crippen molar-refractivity contribution in [3.63, 3.8) is 0 Å². The number of ether oxygens (including phenoxy) is 5. The van der Waals surface area contributed by atoms with E-state index < -0.39 is 0 Å². The summed E-state index contributed by atoms with van der Waals surface area (Å²) in [4.78, 5) is 0. The van der Waals surface area contributed by atoms with Crippen LogP contribution in [0.15, 0.2) is 0 Å². The van der Waals surface area contributed by atoms with Crippen LogP contribution >= 0.6 is 0 Å². The van der Waals surface area contributed by atoms with E-state index in [4.69, 9.17) is 23.7 Å². The Kier molecular flexibility index (Phi) is 22.7. The van der Waals surface area contributed by atoms with Gasteiger partial charge >= 0.3 is 0 Å². The summed E-state index contributed by atoms with van der Waals surface area (Å²) in [5, 5.41) is 0. The number of unbranched alkanes of at least 4 members (excludes halogenated alkanes) is 7. The van der Waals surface area contributed by atoms with Gasteiger partial charge in [-0.15, -0.1) is 0 Å². The molecule has 0 aromatic heterocycles. The van der Waals surface area contributed by atoms with E-state index in [0.29, 0.717) is 52.9 Å². The Bertz CT molecular complexity index is 249. The van der Waals surface area contributed by atoms with Crippen molar-refractivity contribution >= 4 is 0 Å². The molecule has 0 saturated carbocycles. The Labute approximate surface area is 162 Å². The maximum atomic E-state index is 5.58. The van der Waals surface area contributed by atoms with Crippen LogP contribution in [0.5, 0.6) is 0 Å². The molecule has 5 heteroatoms. The van der Waals surface area contributed by atoms with Gasteiger partial charge in [0.25, 0.3) is 0 Å². The fourth-order valence-corrected chi connectivity index (χ4v) is 2.44. The molecule has 0 heterocycles. The molecule has 0 bridgehead atoms. The number of hydrogen-bond donors (Lipinski definition) is 0. The van der Waals surface area contributed by atoms with Crippen LogP contribution in [0.3, 0.4) is 0 Å². The zero-order valence-corrected chi connectivity index (χ0v) is 17.6. The minimum Gasteiger partial charge on any atom is -0.379 e. The van der Waals surface area contributed by atoms with Crippen molar-refractivity contribution < 1.29 is 23.7 Å². The van der Waals surface area contributed by atoms with Crippen molar-refractivity contribution in [3.8, 4) is 0 Å². The van der Waals surface area contributed by atoms with Crippen molar-refractivity contribution in [2.45, 2.75) is 78.2 Å². The molecule has 26 heavy (non-hydrogen) atoms. The third-order valence-corrected chi connectivity index (χ3v) is 3.94. The SMILES string of the molecule is CCCCCCCCCCOCCOCCOCCOCCOC(C)C. The lowest BCUT2D eigenvalue weighted by molar-refractivity contribution is -0.0176. The molecule has 0 amide bonds. The Morgan fingerprint density at radius 2 is 0.846 bits per heavy atom. The highest BCUT2D eigenvalue weighted by Crippen LogP contribution is 2.08. The molecule has 0 unspecified atom stereocenters. The molecule has 0 spiro atoms. The monoisotopic (exact) mass is 376 g/mol. The topological polar surface area (TPSA) is 46.2 Å². The smallest absolute Gasteiger partial charge is 0.0703 e. The number of hydrogen-bond acceptors (Lipinski definition) is 5. The highest BCUT2D eigenvalue weighted by molar-refractivity contribution is 4.46. The van der Waals surface area contributed by atoms with E-state index in [1.165, 1.54) is 51.4 Å². The first-order valence-corrected chi connectivity index (χ1v) is 10.7. The normalized spacial score (nSPS) is 11.5. The second kappa shape index (κ2) is 22.8. The zero-order chi connectivity index (χ0) is 19.1. The van der Waals surface area contributed by atoms with Gasteiger partial charge < -0.3 is 23.7 Å². The van der Waals surface area contributed by atoms with Crippen molar-refractivity contribution in [2.75, 3.05) is 59.5 Å². The lowest BCUT2D eigenvalue weighted by atomic mass is 10.1. The first kappa shape index (κ1) is 25.8. The molecule has 0 aliphatic carbocycles. The lowest BCUT2D eigenvalue weighted by Gasteiger charge is -2.09. The summed E-state index contributed by atoms with van der Waals surface area (Å²) in [6, 6.07) is 0. The van der Waals surface area contributed by atoms with E-state index in [1.807, 2.05) is 13.8 Å². The molecule has 0 N–H and O–H groups in total. The van der Waals surface area contributed by atoms with E-state index in [9.17, 15) is 0 Å². The first-order chi connectivity index (χ1) is 12.8. The highest BCUT2D eigenvalue weighted by atomic mass is 16.6. The molecule has 158 valence electrons. The maximum Gasteiger partial charge on any atom is 0.0703 e. The van der Waals surface area contributed by atoms with Crippen LogP contribution in [-0.4, -0.2) is 65.6 Å². The summed E-state index contributed by atoms with van der Waals surface area (Å²) >= 11 is 0. The molecule has 0 aromatic rings. The predicted molar refractivity (Wildman–Crippen MR) is 107 cm³/mol. The molecule has 0 saturated heterocycles. The lowest BCUT2D eigenvalue weighted by Crippen LogP contribution is -2.14. The van der Waals surface area contributed by atoms with Crippen LogP contribution < -0.4 is 0 Å². The van der Waals surface area contributed by atoms with Crippen LogP contribution in [-0.2, 0) is 23.7 Å². The molecule has 0 atom stereocenters. The van der Waals surface area contributed by atoms with Crippen LogP contribution in [0.25, 0.3) is 0 Å². The van der Waals surface area contributed by atoms with Crippen LogP contribution in [0, 0.1) is 0 Å². The minimum atomic E-state index is 0.260. The average molecular weight is 377 g/mol. The van der Waals surface area contributed by atoms with Gasteiger partial charge in [-0.05, 0) is 20.3 Å². The van der Waals surface area contributed by atoms with Gasteiger partial charge in [0.15, 0.2) is 0 Å². The predicted octanol–water partition coefficient (Wildman–Crippen LogP) is 4.62. The molecule has 0 aliphatic heterocycles.